The van der Waals surface area contributed by atoms with Gasteiger partial charge in [0.05, 0.1) is 34.2 Å². The maximum Gasteiger partial charge on any atom is 0.0992 e. The van der Waals surface area contributed by atoms with Gasteiger partial charge in [0.25, 0.3) is 0 Å². The van der Waals surface area contributed by atoms with Crippen LogP contribution in [0.1, 0.15) is 29.2 Å². The molecule has 0 radical (unpaired) electrons. The zero-order valence-corrected chi connectivity index (χ0v) is 14.1. The van der Waals surface area contributed by atoms with Crippen molar-refractivity contribution in [1.82, 2.24) is 4.98 Å². The van der Waals surface area contributed by atoms with Crippen LogP contribution in [0.4, 0.5) is 11.4 Å². The number of hydrogen-bond donors (Lipinski definition) is 0. The molecule has 0 saturated carbocycles. The van der Waals surface area contributed by atoms with Crippen molar-refractivity contribution in [2.45, 2.75) is 20.8 Å². The maximum absolute atomic E-state index is 9.11. The zero-order valence-electron chi connectivity index (χ0n) is 13.3. The Kier molecular flexibility index (Phi) is 3.71. The molecule has 0 unspecified atom stereocenters. The summed E-state index contributed by atoms with van der Waals surface area (Å²) in [4.78, 5) is 6.42. The first kappa shape index (κ1) is 15.3. The van der Waals surface area contributed by atoms with Gasteiger partial charge in [-0.05, 0) is 55.7 Å². The number of nitriles is 1. The molecule has 0 atom stereocenters. The Morgan fingerprint density at radius 1 is 1.17 bits per heavy atom. The Balaban J connectivity index is 2.30. The fourth-order valence-corrected chi connectivity index (χ4v) is 3.45. The van der Waals surface area contributed by atoms with Crippen molar-refractivity contribution in [1.29, 1.82) is 5.26 Å². The highest BCUT2D eigenvalue weighted by atomic mass is 35.5. The van der Waals surface area contributed by atoms with Gasteiger partial charge in [-0.3, -0.25) is 4.98 Å². The summed E-state index contributed by atoms with van der Waals surface area (Å²) in [6, 6.07) is 5.69. The number of nitrogens with zero attached hydrogens (tertiary/aromatic N) is 3. The quantitative estimate of drug-likeness (QED) is 0.716. The first-order valence-electron chi connectivity index (χ1n) is 7.26. The Bertz CT molecular complexity index is 880. The van der Waals surface area contributed by atoms with Gasteiger partial charge < -0.3 is 4.90 Å². The zero-order chi connectivity index (χ0) is 16.7. The van der Waals surface area contributed by atoms with E-state index in [2.05, 4.69) is 22.5 Å². The van der Waals surface area contributed by atoms with E-state index in [4.69, 9.17) is 16.9 Å². The van der Waals surface area contributed by atoms with Crippen LogP contribution < -0.4 is 4.90 Å². The van der Waals surface area contributed by atoms with Crippen LogP contribution in [0.2, 0.25) is 5.02 Å². The second kappa shape index (κ2) is 5.57. The number of aromatic nitrogens is 1. The Morgan fingerprint density at radius 2 is 1.91 bits per heavy atom. The Hall–Kier alpha value is -2.57. The molecule has 0 spiro atoms. The number of anilines is 2. The van der Waals surface area contributed by atoms with E-state index in [1.54, 1.807) is 6.07 Å². The molecule has 0 saturated heterocycles. The molecular formula is C19H16ClN3. The molecule has 4 heteroatoms. The number of aryl methyl sites for hydroxylation is 2. The van der Waals surface area contributed by atoms with E-state index in [0.717, 1.165) is 39.3 Å². The summed E-state index contributed by atoms with van der Waals surface area (Å²) in [7, 11) is 0. The van der Waals surface area contributed by atoms with Gasteiger partial charge in [-0.25, -0.2) is 0 Å². The monoisotopic (exact) mass is 321 g/mol. The first-order chi connectivity index (χ1) is 10.9. The van der Waals surface area contributed by atoms with E-state index in [1.807, 2.05) is 45.3 Å². The van der Waals surface area contributed by atoms with Gasteiger partial charge in [-0.2, -0.15) is 5.26 Å². The molecule has 0 fully saturated rings. The molecule has 0 bridgehead atoms. The molecule has 2 heterocycles. The predicted octanol–water partition coefficient (Wildman–Crippen LogP) is 5.29. The molecule has 1 aromatic carbocycles. The van der Waals surface area contributed by atoms with E-state index in [9.17, 15) is 0 Å². The van der Waals surface area contributed by atoms with Gasteiger partial charge in [0, 0.05) is 17.5 Å². The molecule has 0 amide bonds. The third-order valence-corrected chi connectivity index (χ3v) is 4.31. The lowest BCUT2D eigenvalue weighted by molar-refractivity contribution is 1.09. The average Bonchev–Trinajstić information content (AvgIpc) is 2.49. The molecule has 1 aromatic heterocycles. The van der Waals surface area contributed by atoms with Crippen molar-refractivity contribution < 1.29 is 0 Å². The summed E-state index contributed by atoms with van der Waals surface area (Å²) in [6.07, 6.45) is 5.71. The molecule has 1 aliphatic rings. The highest BCUT2D eigenvalue weighted by molar-refractivity contribution is 6.34. The average molecular weight is 322 g/mol. The fraction of sp³-hybridized carbons (Fsp3) is 0.158. The summed E-state index contributed by atoms with van der Waals surface area (Å²) < 4.78 is 0. The van der Waals surface area contributed by atoms with Crippen molar-refractivity contribution in [2.24, 2.45) is 0 Å². The normalized spacial score (nSPS) is 13.4. The number of halogens is 1. The lowest BCUT2D eigenvalue weighted by Gasteiger charge is -2.34. The number of allylic oxidation sites excluding steroid dienone is 3. The molecule has 114 valence electrons. The number of rotatable bonds is 1. The van der Waals surface area contributed by atoms with Gasteiger partial charge >= 0.3 is 0 Å². The van der Waals surface area contributed by atoms with Gasteiger partial charge in [0.1, 0.15) is 0 Å². The van der Waals surface area contributed by atoms with Gasteiger partial charge in [-0.15, -0.1) is 0 Å². The Labute approximate surface area is 141 Å². The van der Waals surface area contributed by atoms with Crippen LogP contribution in [0.5, 0.6) is 0 Å². The van der Waals surface area contributed by atoms with Crippen LogP contribution >= 0.6 is 11.6 Å². The van der Waals surface area contributed by atoms with Crippen LogP contribution in [-0.4, -0.2) is 4.98 Å². The summed E-state index contributed by atoms with van der Waals surface area (Å²) in [5.41, 5.74) is 7.48. The topological polar surface area (TPSA) is 39.9 Å². The van der Waals surface area contributed by atoms with Gasteiger partial charge in [0.2, 0.25) is 0 Å². The summed E-state index contributed by atoms with van der Waals surface area (Å²) in [5.74, 6) is 0. The largest absolute Gasteiger partial charge is 0.311 e. The predicted molar refractivity (Wildman–Crippen MR) is 94.8 cm³/mol. The maximum atomic E-state index is 9.11. The Morgan fingerprint density at radius 3 is 2.57 bits per heavy atom. The second-order valence-corrected chi connectivity index (χ2v) is 6.14. The van der Waals surface area contributed by atoms with Crippen LogP contribution in [0.15, 0.2) is 42.9 Å². The standard InChI is InChI=1S/C19H16ClN3/c1-11-5-14(4)23(17-10-22-9-13(3)18(11)17)19-12(2)6-15(8-21)7-16(19)20/h5-7,9-10H,1H2,2-4H3. The van der Waals surface area contributed by atoms with Crippen molar-refractivity contribution in [2.75, 3.05) is 4.90 Å². The minimum atomic E-state index is 0.550. The summed E-state index contributed by atoms with van der Waals surface area (Å²) in [6.45, 7) is 10.2. The third kappa shape index (κ3) is 2.42. The van der Waals surface area contributed by atoms with Gasteiger partial charge in [0.15, 0.2) is 0 Å². The number of fused-ring (bicyclic) bond motifs is 1. The van der Waals surface area contributed by atoms with E-state index in [1.165, 1.54) is 0 Å². The summed E-state index contributed by atoms with van der Waals surface area (Å²) in [5, 5.41) is 9.66. The summed E-state index contributed by atoms with van der Waals surface area (Å²) >= 11 is 6.49. The van der Waals surface area contributed by atoms with Crippen LogP contribution in [0.3, 0.4) is 0 Å². The molecule has 1 aliphatic heterocycles. The van der Waals surface area contributed by atoms with Crippen molar-refractivity contribution >= 4 is 28.5 Å². The highest BCUT2D eigenvalue weighted by Gasteiger charge is 2.25. The van der Waals surface area contributed by atoms with Gasteiger partial charge in [-0.1, -0.05) is 18.2 Å². The molecule has 23 heavy (non-hydrogen) atoms. The van der Waals surface area contributed by atoms with E-state index in [0.29, 0.717) is 10.6 Å². The van der Waals surface area contributed by atoms with Crippen molar-refractivity contribution in [3.8, 4) is 6.07 Å². The van der Waals surface area contributed by atoms with Crippen LogP contribution in [0.25, 0.3) is 5.57 Å². The minimum absolute atomic E-state index is 0.550. The number of benzene rings is 1. The lowest BCUT2D eigenvalue weighted by Crippen LogP contribution is -2.21. The molecule has 2 aromatic rings. The minimum Gasteiger partial charge on any atom is -0.311 e. The highest BCUT2D eigenvalue weighted by Crippen LogP contribution is 2.44. The number of hydrogen-bond acceptors (Lipinski definition) is 3. The SMILES string of the molecule is C=C1C=C(C)N(c2c(C)cc(C#N)cc2Cl)c2cncc(C)c21. The molecule has 0 N–H and O–H groups in total. The van der Waals surface area contributed by atoms with E-state index in [-0.39, 0.29) is 0 Å². The van der Waals surface area contributed by atoms with Crippen molar-refractivity contribution in [3.05, 3.63) is 70.2 Å². The van der Waals surface area contributed by atoms with Crippen molar-refractivity contribution in [3.63, 3.8) is 0 Å². The first-order valence-corrected chi connectivity index (χ1v) is 7.64. The molecule has 3 rings (SSSR count). The fourth-order valence-electron chi connectivity index (χ4n) is 3.10. The molecular weight excluding hydrogens is 306 g/mol. The molecule has 3 nitrogen and oxygen atoms in total. The van der Waals surface area contributed by atoms with E-state index >= 15 is 0 Å². The smallest absolute Gasteiger partial charge is 0.0992 e. The van der Waals surface area contributed by atoms with Crippen LogP contribution in [0, 0.1) is 25.2 Å². The third-order valence-electron chi connectivity index (χ3n) is 4.02. The molecule has 0 aliphatic carbocycles. The second-order valence-electron chi connectivity index (χ2n) is 5.73. The van der Waals surface area contributed by atoms with E-state index < -0.39 is 0 Å². The lowest BCUT2D eigenvalue weighted by atomic mass is 9.95. The van der Waals surface area contributed by atoms with Crippen LogP contribution in [-0.2, 0) is 0 Å². The number of pyridine rings is 1.